The first kappa shape index (κ1) is 13.6. The number of rotatable bonds is 3. The number of benzene rings is 1. The average molecular weight is 303 g/mol. The summed E-state index contributed by atoms with van der Waals surface area (Å²) in [6, 6.07) is 3.79. The second kappa shape index (κ2) is 5.77. The molecule has 1 aromatic rings. The summed E-state index contributed by atoms with van der Waals surface area (Å²) in [5.74, 6) is -1.04. The van der Waals surface area contributed by atoms with Crippen molar-refractivity contribution in [1.29, 1.82) is 0 Å². The Bertz CT molecular complexity index is 451. The summed E-state index contributed by atoms with van der Waals surface area (Å²) >= 11 is 3.11. The summed E-state index contributed by atoms with van der Waals surface area (Å²) < 4.78 is 13.2. The van der Waals surface area contributed by atoms with Gasteiger partial charge in [-0.25, -0.2) is 4.39 Å². The van der Waals surface area contributed by atoms with E-state index in [1.165, 1.54) is 37.2 Å². The molecule has 0 heterocycles. The molecule has 2 amide bonds. The standard InChI is InChI=1S/C11H12BrFN2O2/c1-14-10(16)6-15(2)11(17)8-4-3-7(13)5-9(8)12/h3-5H,6H2,1-2H3,(H,14,16). The molecule has 1 N–H and O–H groups in total. The van der Waals surface area contributed by atoms with Gasteiger partial charge in [0.1, 0.15) is 5.82 Å². The van der Waals surface area contributed by atoms with E-state index in [0.717, 1.165) is 0 Å². The molecule has 0 bridgehead atoms. The highest BCUT2D eigenvalue weighted by atomic mass is 79.9. The van der Waals surface area contributed by atoms with E-state index in [4.69, 9.17) is 0 Å². The van der Waals surface area contributed by atoms with Gasteiger partial charge in [0, 0.05) is 18.6 Å². The van der Waals surface area contributed by atoms with E-state index in [-0.39, 0.29) is 18.4 Å². The molecule has 17 heavy (non-hydrogen) atoms. The van der Waals surface area contributed by atoms with Crippen LogP contribution in [0.3, 0.4) is 0 Å². The molecule has 0 aliphatic rings. The van der Waals surface area contributed by atoms with Crippen LogP contribution >= 0.6 is 15.9 Å². The van der Waals surface area contributed by atoms with Crippen molar-refractivity contribution in [2.75, 3.05) is 20.6 Å². The molecule has 0 aliphatic heterocycles. The minimum atomic E-state index is -0.428. The van der Waals surface area contributed by atoms with Crippen LogP contribution in [0, 0.1) is 5.82 Å². The predicted molar refractivity (Wildman–Crippen MR) is 65.1 cm³/mol. The number of carbonyl (C=O) groups is 2. The molecule has 0 saturated heterocycles. The minimum absolute atomic E-state index is 0.0425. The maximum Gasteiger partial charge on any atom is 0.255 e. The lowest BCUT2D eigenvalue weighted by Gasteiger charge is -2.16. The lowest BCUT2D eigenvalue weighted by atomic mass is 10.2. The van der Waals surface area contributed by atoms with Gasteiger partial charge in [0.25, 0.3) is 5.91 Å². The Morgan fingerprint density at radius 3 is 2.65 bits per heavy atom. The van der Waals surface area contributed by atoms with Crippen LogP contribution < -0.4 is 5.32 Å². The fourth-order valence-electron chi connectivity index (χ4n) is 1.23. The number of nitrogens with zero attached hydrogens (tertiary/aromatic N) is 1. The second-order valence-electron chi connectivity index (χ2n) is 3.46. The molecule has 6 heteroatoms. The zero-order valence-corrected chi connectivity index (χ0v) is 11.0. The van der Waals surface area contributed by atoms with Crippen molar-refractivity contribution in [2.24, 2.45) is 0 Å². The summed E-state index contributed by atoms with van der Waals surface area (Å²) in [5.41, 5.74) is 0.317. The van der Waals surface area contributed by atoms with E-state index in [2.05, 4.69) is 21.2 Å². The summed E-state index contributed by atoms with van der Waals surface area (Å²) in [7, 11) is 3.00. The number of halogens is 2. The van der Waals surface area contributed by atoms with Crippen LogP contribution in [-0.4, -0.2) is 37.4 Å². The van der Waals surface area contributed by atoms with Crippen LogP contribution in [0.15, 0.2) is 22.7 Å². The number of amides is 2. The lowest BCUT2D eigenvalue weighted by Crippen LogP contribution is -2.37. The molecular weight excluding hydrogens is 291 g/mol. The van der Waals surface area contributed by atoms with E-state index in [0.29, 0.717) is 10.0 Å². The van der Waals surface area contributed by atoms with Crippen LogP contribution in [-0.2, 0) is 4.79 Å². The van der Waals surface area contributed by atoms with Crippen molar-refractivity contribution < 1.29 is 14.0 Å². The molecule has 0 atom stereocenters. The summed E-state index contributed by atoms with van der Waals surface area (Å²) in [5, 5.41) is 2.42. The molecule has 92 valence electrons. The van der Waals surface area contributed by atoms with Crippen LogP contribution in [0.5, 0.6) is 0 Å². The largest absolute Gasteiger partial charge is 0.358 e. The lowest BCUT2D eigenvalue weighted by molar-refractivity contribution is -0.121. The topological polar surface area (TPSA) is 49.4 Å². The molecule has 0 unspecified atom stereocenters. The van der Waals surface area contributed by atoms with E-state index in [1.807, 2.05) is 0 Å². The van der Waals surface area contributed by atoms with Gasteiger partial charge in [-0.15, -0.1) is 0 Å². The predicted octanol–water partition coefficient (Wildman–Crippen LogP) is 1.41. The van der Waals surface area contributed by atoms with E-state index in [1.54, 1.807) is 0 Å². The molecule has 0 radical (unpaired) electrons. The zero-order chi connectivity index (χ0) is 13.0. The van der Waals surface area contributed by atoms with Gasteiger partial charge < -0.3 is 10.2 Å². The zero-order valence-electron chi connectivity index (χ0n) is 9.46. The van der Waals surface area contributed by atoms with Crippen LogP contribution in [0.1, 0.15) is 10.4 Å². The Balaban J connectivity index is 2.85. The van der Waals surface area contributed by atoms with E-state index >= 15 is 0 Å². The third-order valence-corrected chi connectivity index (χ3v) is 2.82. The number of hydrogen-bond donors (Lipinski definition) is 1. The normalized spacial score (nSPS) is 9.88. The van der Waals surface area contributed by atoms with Gasteiger partial charge in [0.2, 0.25) is 5.91 Å². The number of carbonyl (C=O) groups excluding carboxylic acids is 2. The maximum atomic E-state index is 12.9. The monoisotopic (exact) mass is 302 g/mol. The first-order chi connectivity index (χ1) is 7.95. The quantitative estimate of drug-likeness (QED) is 0.918. The molecule has 0 aromatic heterocycles. The summed E-state index contributed by atoms with van der Waals surface area (Å²) in [6.07, 6.45) is 0. The molecule has 1 aromatic carbocycles. The van der Waals surface area contributed by atoms with E-state index in [9.17, 15) is 14.0 Å². The molecule has 4 nitrogen and oxygen atoms in total. The van der Waals surface area contributed by atoms with Gasteiger partial charge in [-0.2, -0.15) is 0 Å². The highest BCUT2D eigenvalue weighted by Crippen LogP contribution is 2.19. The molecule has 0 aliphatic carbocycles. The molecule has 0 fully saturated rings. The summed E-state index contributed by atoms with van der Waals surface area (Å²) in [6.45, 7) is -0.0425. The maximum absolute atomic E-state index is 12.9. The Morgan fingerprint density at radius 2 is 2.12 bits per heavy atom. The van der Waals surface area contributed by atoms with Crippen molar-refractivity contribution in [3.8, 4) is 0 Å². The number of nitrogens with one attached hydrogen (secondary N) is 1. The SMILES string of the molecule is CNC(=O)CN(C)C(=O)c1ccc(F)cc1Br. The molecule has 0 spiro atoms. The summed E-state index contributed by atoms with van der Waals surface area (Å²) in [4.78, 5) is 24.3. The first-order valence-electron chi connectivity index (χ1n) is 4.86. The third-order valence-electron chi connectivity index (χ3n) is 2.17. The highest BCUT2D eigenvalue weighted by Gasteiger charge is 2.17. The Labute approximate surface area is 107 Å². The minimum Gasteiger partial charge on any atom is -0.358 e. The number of hydrogen-bond acceptors (Lipinski definition) is 2. The molecule has 1 rings (SSSR count). The van der Waals surface area contributed by atoms with Gasteiger partial charge >= 0.3 is 0 Å². The van der Waals surface area contributed by atoms with Crippen LogP contribution in [0.4, 0.5) is 4.39 Å². The fourth-order valence-corrected chi connectivity index (χ4v) is 1.76. The van der Waals surface area contributed by atoms with Crippen molar-refractivity contribution >= 4 is 27.7 Å². The first-order valence-corrected chi connectivity index (χ1v) is 5.66. The van der Waals surface area contributed by atoms with Gasteiger partial charge in [-0.3, -0.25) is 9.59 Å². The van der Waals surface area contributed by atoms with Crippen molar-refractivity contribution in [1.82, 2.24) is 10.2 Å². The van der Waals surface area contributed by atoms with Crippen LogP contribution in [0.2, 0.25) is 0 Å². The molecular formula is C11H12BrFN2O2. The Kier molecular flexibility index (Phi) is 4.62. The van der Waals surface area contributed by atoms with Crippen molar-refractivity contribution in [2.45, 2.75) is 0 Å². The third kappa shape index (κ3) is 3.52. The number of likely N-dealkylation sites (N-methyl/N-ethyl adjacent to an activating group) is 2. The van der Waals surface area contributed by atoms with Gasteiger partial charge in [0.15, 0.2) is 0 Å². The average Bonchev–Trinajstić information content (AvgIpc) is 2.28. The van der Waals surface area contributed by atoms with Crippen LogP contribution in [0.25, 0.3) is 0 Å². The Hall–Kier alpha value is -1.43. The van der Waals surface area contributed by atoms with Gasteiger partial charge in [0.05, 0.1) is 12.1 Å². The second-order valence-corrected chi connectivity index (χ2v) is 4.31. The highest BCUT2D eigenvalue weighted by molar-refractivity contribution is 9.10. The van der Waals surface area contributed by atoms with Crippen molar-refractivity contribution in [3.63, 3.8) is 0 Å². The molecule has 0 saturated carbocycles. The van der Waals surface area contributed by atoms with Gasteiger partial charge in [-0.1, -0.05) is 0 Å². The smallest absolute Gasteiger partial charge is 0.255 e. The van der Waals surface area contributed by atoms with E-state index < -0.39 is 5.82 Å². The van der Waals surface area contributed by atoms with Gasteiger partial charge in [-0.05, 0) is 34.1 Å². The Morgan fingerprint density at radius 1 is 1.47 bits per heavy atom. The van der Waals surface area contributed by atoms with Crippen molar-refractivity contribution in [3.05, 3.63) is 34.1 Å². The fraction of sp³-hybridized carbons (Fsp3) is 0.273.